The highest BCUT2D eigenvalue weighted by Crippen LogP contribution is 2.20. The molecular formula is C14H20N2O2. The van der Waals surface area contributed by atoms with Crippen molar-refractivity contribution in [2.75, 3.05) is 38.2 Å². The Morgan fingerprint density at radius 1 is 1.11 bits per heavy atom. The van der Waals surface area contributed by atoms with Gasteiger partial charge in [0.2, 0.25) is 5.91 Å². The van der Waals surface area contributed by atoms with Crippen LogP contribution in [0, 0.1) is 0 Å². The van der Waals surface area contributed by atoms with Gasteiger partial charge in [-0.15, -0.1) is 0 Å². The van der Waals surface area contributed by atoms with Crippen molar-refractivity contribution in [2.24, 2.45) is 0 Å². The summed E-state index contributed by atoms with van der Waals surface area (Å²) < 4.78 is 5.16. The molecule has 0 aliphatic carbocycles. The van der Waals surface area contributed by atoms with Crippen molar-refractivity contribution >= 4 is 11.6 Å². The number of carbonyl (C=O) groups is 1. The lowest BCUT2D eigenvalue weighted by Crippen LogP contribution is -2.33. The first-order valence-electron chi connectivity index (χ1n) is 6.35. The Balaban J connectivity index is 2.02. The molecule has 4 nitrogen and oxygen atoms in total. The summed E-state index contributed by atoms with van der Waals surface area (Å²) in [5.41, 5.74) is 1.20. The number of hydrogen-bond donors (Lipinski definition) is 0. The molecule has 1 saturated heterocycles. The molecule has 0 radical (unpaired) electrons. The lowest BCUT2D eigenvalue weighted by molar-refractivity contribution is -0.128. The minimum absolute atomic E-state index is 0.173. The lowest BCUT2D eigenvalue weighted by Gasteiger charge is -2.23. The standard InChI is InChI=1S/C14H20N2O2/c1-12(17)15-8-3-9-16(11-10-15)13-4-6-14(18-2)7-5-13/h4-7H,3,8-11H2,1-2H3. The van der Waals surface area contributed by atoms with Crippen LogP contribution in [0.25, 0.3) is 0 Å². The van der Waals surface area contributed by atoms with Gasteiger partial charge in [0.05, 0.1) is 7.11 Å². The predicted octanol–water partition coefficient (Wildman–Crippen LogP) is 1.75. The summed E-state index contributed by atoms with van der Waals surface area (Å²) in [6, 6.07) is 8.09. The highest BCUT2D eigenvalue weighted by atomic mass is 16.5. The van der Waals surface area contributed by atoms with Crippen LogP contribution in [-0.4, -0.2) is 44.1 Å². The predicted molar refractivity (Wildman–Crippen MR) is 72.1 cm³/mol. The minimum atomic E-state index is 0.173. The molecule has 2 rings (SSSR count). The zero-order valence-corrected chi connectivity index (χ0v) is 11.1. The molecule has 98 valence electrons. The Morgan fingerprint density at radius 2 is 1.83 bits per heavy atom. The van der Waals surface area contributed by atoms with Crippen molar-refractivity contribution < 1.29 is 9.53 Å². The summed E-state index contributed by atoms with van der Waals surface area (Å²) in [4.78, 5) is 15.6. The van der Waals surface area contributed by atoms with E-state index >= 15 is 0 Å². The van der Waals surface area contributed by atoms with Gasteiger partial charge in [-0.05, 0) is 30.7 Å². The number of amides is 1. The highest BCUT2D eigenvalue weighted by molar-refractivity contribution is 5.73. The van der Waals surface area contributed by atoms with Crippen molar-refractivity contribution in [1.29, 1.82) is 0 Å². The van der Waals surface area contributed by atoms with Crippen LogP contribution in [0.4, 0.5) is 5.69 Å². The quantitative estimate of drug-likeness (QED) is 0.799. The van der Waals surface area contributed by atoms with Crippen molar-refractivity contribution in [3.05, 3.63) is 24.3 Å². The van der Waals surface area contributed by atoms with Crippen LogP contribution in [0.5, 0.6) is 5.75 Å². The van der Waals surface area contributed by atoms with E-state index in [0.717, 1.165) is 38.3 Å². The van der Waals surface area contributed by atoms with E-state index in [-0.39, 0.29) is 5.91 Å². The number of carbonyl (C=O) groups excluding carboxylic acids is 1. The Kier molecular flexibility index (Phi) is 4.07. The topological polar surface area (TPSA) is 32.8 Å². The SMILES string of the molecule is COc1ccc(N2CCCN(C(C)=O)CC2)cc1. The number of rotatable bonds is 2. The number of methoxy groups -OCH3 is 1. The Labute approximate surface area is 108 Å². The van der Waals surface area contributed by atoms with Crippen molar-refractivity contribution in [1.82, 2.24) is 4.90 Å². The maximum absolute atomic E-state index is 11.4. The average Bonchev–Trinajstić information content (AvgIpc) is 2.64. The fourth-order valence-electron chi connectivity index (χ4n) is 2.28. The van der Waals surface area contributed by atoms with Crippen LogP contribution in [0.2, 0.25) is 0 Å². The van der Waals surface area contributed by atoms with Crippen molar-refractivity contribution in [3.8, 4) is 5.75 Å². The maximum Gasteiger partial charge on any atom is 0.219 e. The molecule has 0 N–H and O–H groups in total. The van der Waals surface area contributed by atoms with E-state index in [4.69, 9.17) is 4.74 Å². The fourth-order valence-corrected chi connectivity index (χ4v) is 2.28. The van der Waals surface area contributed by atoms with Gasteiger partial charge in [0.25, 0.3) is 0 Å². The van der Waals surface area contributed by atoms with Gasteiger partial charge in [0.1, 0.15) is 5.75 Å². The third-order valence-electron chi connectivity index (χ3n) is 3.38. The van der Waals surface area contributed by atoms with Crippen LogP contribution in [-0.2, 0) is 4.79 Å². The monoisotopic (exact) mass is 248 g/mol. The molecular weight excluding hydrogens is 228 g/mol. The summed E-state index contributed by atoms with van der Waals surface area (Å²) in [7, 11) is 1.67. The molecule has 18 heavy (non-hydrogen) atoms. The van der Waals surface area contributed by atoms with Crippen LogP contribution in [0.3, 0.4) is 0 Å². The molecule has 0 aromatic heterocycles. The molecule has 0 bridgehead atoms. The van der Waals surface area contributed by atoms with Gasteiger partial charge in [0.15, 0.2) is 0 Å². The number of hydrogen-bond acceptors (Lipinski definition) is 3. The molecule has 1 aliphatic heterocycles. The van der Waals surface area contributed by atoms with Crippen LogP contribution < -0.4 is 9.64 Å². The molecule has 4 heteroatoms. The first-order valence-corrected chi connectivity index (χ1v) is 6.35. The Hall–Kier alpha value is -1.71. The molecule has 0 atom stereocenters. The summed E-state index contributed by atoms with van der Waals surface area (Å²) >= 11 is 0. The largest absolute Gasteiger partial charge is 0.497 e. The lowest BCUT2D eigenvalue weighted by atomic mass is 10.2. The fraction of sp³-hybridized carbons (Fsp3) is 0.500. The van der Waals surface area contributed by atoms with E-state index in [0.29, 0.717) is 0 Å². The minimum Gasteiger partial charge on any atom is -0.497 e. The van der Waals surface area contributed by atoms with E-state index < -0.39 is 0 Å². The van der Waals surface area contributed by atoms with E-state index in [2.05, 4.69) is 17.0 Å². The number of ether oxygens (including phenoxy) is 1. The third kappa shape index (κ3) is 2.94. The second-order valence-electron chi connectivity index (χ2n) is 4.54. The molecule has 1 fully saturated rings. The van der Waals surface area contributed by atoms with Gasteiger partial charge in [-0.25, -0.2) is 0 Å². The van der Waals surface area contributed by atoms with Crippen molar-refractivity contribution in [3.63, 3.8) is 0 Å². The Morgan fingerprint density at radius 3 is 2.44 bits per heavy atom. The normalized spacial score (nSPS) is 16.3. The van der Waals surface area contributed by atoms with Crippen LogP contribution in [0.1, 0.15) is 13.3 Å². The van der Waals surface area contributed by atoms with Crippen LogP contribution in [0.15, 0.2) is 24.3 Å². The van der Waals surface area contributed by atoms with E-state index in [1.807, 2.05) is 17.0 Å². The molecule has 1 amide bonds. The highest BCUT2D eigenvalue weighted by Gasteiger charge is 2.16. The molecule has 1 aromatic rings. The second-order valence-corrected chi connectivity index (χ2v) is 4.54. The summed E-state index contributed by atoms with van der Waals surface area (Å²) in [5, 5.41) is 0. The van der Waals surface area contributed by atoms with Gasteiger partial charge in [-0.1, -0.05) is 0 Å². The third-order valence-corrected chi connectivity index (χ3v) is 3.38. The zero-order valence-electron chi connectivity index (χ0n) is 11.1. The second kappa shape index (κ2) is 5.76. The average molecular weight is 248 g/mol. The van der Waals surface area contributed by atoms with Crippen LogP contribution >= 0.6 is 0 Å². The first kappa shape index (κ1) is 12.7. The molecule has 0 spiro atoms. The zero-order chi connectivity index (χ0) is 13.0. The molecule has 1 aliphatic rings. The van der Waals surface area contributed by atoms with Gasteiger partial charge >= 0.3 is 0 Å². The Bertz CT molecular complexity index is 403. The van der Waals surface area contributed by atoms with Gasteiger partial charge in [0, 0.05) is 38.8 Å². The van der Waals surface area contributed by atoms with Crippen molar-refractivity contribution in [2.45, 2.75) is 13.3 Å². The molecule has 0 saturated carbocycles. The van der Waals surface area contributed by atoms with E-state index in [1.165, 1.54) is 5.69 Å². The maximum atomic E-state index is 11.4. The van der Waals surface area contributed by atoms with E-state index in [9.17, 15) is 4.79 Å². The molecule has 0 unspecified atom stereocenters. The smallest absolute Gasteiger partial charge is 0.219 e. The summed E-state index contributed by atoms with van der Waals surface area (Å²) in [6.07, 6.45) is 1.02. The van der Waals surface area contributed by atoms with Gasteiger partial charge < -0.3 is 14.5 Å². The number of benzene rings is 1. The summed E-state index contributed by atoms with van der Waals surface area (Å²) in [5.74, 6) is 1.05. The van der Waals surface area contributed by atoms with E-state index in [1.54, 1.807) is 14.0 Å². The number of nitrogens with zero attached hydrogens (tertiary/aromatic N) is 2. The van der Waals surface area contributed by atoms with Gasteiger partial charge in [-0.2, -0.15) is 0 Å². The number of anilines is 1. The first-order chi connectivity index (χ1) is 8.70. The molecule has 1 aromatic carbocycles. The summed E-state index contributed by atoms with van der Waals surface area (Å²) in [6.45, 7) is 5.20. The molecule has 1 heterocycles. The van der Waals surface area contributed by atoms with Gasteiger partial charge in [-0.3, -0.25) is 4.79 Å².